The van der Waals surface area contributed by atoms with Crippen LogP contribution >= 0.6 is 15.9 Å². The summed E-state index contributed by atoms with van der Waals surface area (Å²) in [5, 5.41) is 0. The Labute approximate surface area is 156 Å². The number of rotatable bonds is 5. The largest absolute Gasteiger partial charge is 0.492 e. The van der Waals surface area contributed by atoms with Crippen LogP contribution in [0.3, 0.4) is 0 Å². The van der Waals surface area contributed by atoms with E-state index in [1.165, 1.54) is 0 Å². The Balaban J connectivity index is 2.11. The van der Waals surface area contributed by atoms with E-state index in [0.29, 0.717) is 30.2 Å². The van der Waals surface area contributed by atoms with Crippen molar-refractivity contribution >= 4 is 39.2 Å². The Morgan fingerprint density at radius 2 is 1.96 bits per heavy atom. The lowest BCUT2D eigenvalue weighted by atomic mass is 10.0. The quantitative estimate of drug-likeness (QED) is 0.677. The number of ether oxygens (including phenoxy) is 2. The van der Waals surface area contributed by atoms with E-state index in [2.05, 4.69) is 15.9 Å². The number of nitrogens with zero attached hydrogens (tertiary/aromatic N) is 1. The number of likely N-dealkylation sites (N-methyl/N-ethyl adjacent to an activating group) is 1. The maximum absolute atomic E-state index is 12.8. The van der Waals surface area contributed by atoms with E-state index in [9.17, 15) is 4.79 Å². The highest BCUT2D eigenvalue weighted by atomic mass is 79.9. The summed E-state index contributed by atoms with van der Waals surface area (Å²) in [7, 11) is 1.61. The molecule has 1 heterocycles. The average Bonchev–Trinajstić information content (AvgIpc) is 2.87. The number of methoxy groups -OCH3 is 1. The van der Waals surface area contributed by atoms with Crippen molar-refractivity contribution in [1.82, 2.24) is 0 Å². The van der Waals surface area contributed by atoms with Crippen molar-refractivity contribution in [3.05, 3.63) is 52.0 Å². The molecule has 0 unspecified atom stereocenters. The Morgan fingerprint density at radius 1 is 1.20 bits per heavy atom. The Bertz CT molecular complexity index is 845. The zero-order valence-electron chi connectivity index (χ0n) is 14.5. The zero-order valence-corrected chi connectivity index (χ0v) is 16.1. The van der Waals surface area contributed by atoms with Crippen LogP contribution in [0.2, 0.25) is 0 Å². The molecule has 5 heteroatoms. The van der Waals surface area contributed by atoms with E-state index in [4.69, 9.17) is 9.47 Å². The number of hydrogen-bond donors (Lipinski definition) is 0. The summed E-state index contributed by atoms with van der Waals surface area (Å²) in [6, 6.07) is 11.7. The topological polar surface area (TPSA) is 38.8 Å². The van der Waals surface area contributed by atoms with E-state index < -0.39 is 0 Å². The summed E-state index contributed by atoms with van der Waals surface area (Å²) in [6.45, 7) is 5.08. The molecular weight excluding hydrogens is 382 g/mol. The fourth-order valence-corrected chi connectivity index (χ4v) is 3.68. The molecule has 0 atom stereocenters. The number of benzene rings is 2. The monoisotopic (exact) mass is 401 g/mol. The van der Waals surface area contributed by atoms with Crippen molar-refractivity contribution in [2.45, 2.75) is 13.8 Å². The number of hydrogen-bond acceptors (Lipinski definition) is 3. The Kier molecular flexibility index (Phi) is 5.13. The van der Waals surface area contributed by atoms with Crippen molar-refractivity contribution in [3.63, 3.8) is 0 Å². The zero-order chi connectivity index (χ0) is 18.0. The summed E-state index contributed by atoms with van der Waals surface area (Å²) < 4.78 is 11.9. The smallest absolute Gasteiger partial charge is 0.258 e. The van der Waals surface area contributed by atoms with Gasteiger partial charge in [0.15, 0.2) is 11.5 Å². The van der Waals surface area contributed by atoms with Gasteiger partial charge in [-0.05, 0) is 59.6 Å². The molecule has 0 aromatic heterocycles. The summed E-state index contributed by atoms with van der Waals surface area (Å²) >= 11 is 3.52. The Hall–Kier alpha value is -2.27. The highest BCUT2D eigenvalue weighted by Crippen LogP contribution is 2.40. The van der Waals surface area contributed by atoms with Crippen molar-refractivity contribution in [1.29, 1.82) is 0 Å². The van der Waals surface area contributed by atoms with Gasteiger partial charge in [-0.1, -0.05) is 18.2 Å². The fourth-order valence-electron chi connectivity index (χ4n) is 3.06. The van der Waals surface area contributed by atoms with Gasteiger partial charge in [-0.25, -0.2) is 0 Å². The third-order valence-electron chi connectivity index (χ3n) is 4.12. The number of anilines is 1. The van der Waals surface area contributed by atoms with Crippen LogP contribution < -0.4 is 14.4 Å². The van der Waals surface area contributed by atoms with Gasteiger partial charge in [0, 0.05) is 17.7 Å². The highest BCUT2D eigenvalue weighted by molar-refractivity contribution is 9.10. The summed E-state index contributed by atoms with van der Waals surface area (Å²) in [4.78, 5) is 14.6. The molecule has 3 rings (SSSR count). The van der Waals surface area contributed by atoms with Crippen LogP contribution in [0.1, 0.15) is 25.0 Å². The number of halogens is 1. The number of para-hydroxylation sites is 1. The molecule has 0 spiro atoms. The van der Waals surface area contributed by atoms with Gasteiger partial charge in [0.1, 0.15) is 0 Å². The first-order valence-corrected chi connectivity index (χ1v) is 9.03. The molecule has 0 saturated carbocycles. The minimum atomic E-state index is 0.0219. The molecule has 1 aliphatic rings. The van der Waals surface area contributed by atoms with Crippen molar-refractivity contribution < 1.29 is 14.3 Å². The van der Waals surface area contributed by atoms with Crippen LogP contribution in [-0.4, -0.2) is 26.2 Å². The fraction of sp³-hybridized carbons (Fsp3) is 0.250. The van der Waals surface area contributed by atoms with Gasteiger partial charge in [-0.2, -0.15) is 0 Å². The van der Waals surface area contributed by atoms with Crippen LogP contribution in [0.4, 0.5) is 5.69 Å². The molecule has 4 nitrogen and oxygen atoms in total. The number of carbonyl (C=O) groups excluding carboxylic acids is 1. The van der Waals surface area contributed by atoms with Gasteiger partial charge in [0.2, 0.25) is 0 Å². The van der Waals surface area contributed by atoms with Gasteiger partial charge < -0.3 is 14.4 Å². The van der Waals surface area contributed by atoms with Crippen molar-refractivity contribution in [2.24, 2.45) is 0 Å². The molecule has 0 fully saturated rings. The molecule has 0 radical (unpaired) electrons. The van der Waals surface area contributed by atoms with Gasteiger partial charge in [0.25, 0.3) is 5.91 Å². The molecule has 2 aromatic carbocycles. The molecule has 25 heavy (non-hydrogen) atoms. The molecule has 0 N–H and O–H groups in total. The minimum Gasteiger partial charge on any atom is -0.492 e. The SMILES string of the molecule is CCOc1cc(/C=C2\C(=O)N(CC)c3ccccc32)cc(Br)c1OC. The van der Waals surface area contributed by atoms with Gasteiger partial charge in [-0.3, -0.25) is 4.79 Å². The van der Waals surface area contributed by atoms with E-state index in [1.807, 2.05) is 56.3 Å². The lowest BCUT2D eigenvalue weighted by Crippen LogP contribution is -2.25. The first-order valence-electron chi connectivity index (χ1n) is 8.24. The number of carbonyl (C=O) groups is 1. The molecule has 130 valence electrons. The predicted octanol–water partition coefficient (Wildman–Crippen LogP) is 4.76. The van der Waals surface area contributed by atoms with Crippen molar-refractivity contribution in [2.75, 3.05) is 25.2 Å². The lowest BCUT2D eigenvalue weighted by Gasteiger charge is -2.13. The van der Waals surface area contributed by atoms with Crippen LogP contribution in [0, 0.1) is 0 Å². The summed E-state index contributed by atoms with van der Waals surface area (Å²) in [5.74, 6) is 1.32. The second-order valence-corrected chi connectivity index (χ2v) is 6.45. The van der Waals surface area contributed by atoms with E-state index in [0.717, 1.165) is 21.3 Å². The van der Waals surface area contributed by atoms with E-state index in [-0.39, 0.29) is 5.91 Å². The molecule has 0 aliphatic carbocycles. The first kappa shape index (κ1) is 17.5. The van der Waals surface area contributed by atoms with Gasteiger partial charge in [0.05, 0.1) is 23.9 Å². The lowest BCUT2D eigenvalue weighted by molar-refractivity contribution is -0.112. The third-order valence-corrected chi connectivity index (χ3v) is 4.71. The molecule has 1 amide bonds. The highest BCUT2D eigenvalue weighted by Gasteiger charge is 2.30. The molecule has 0 saturated heterocycles. The summed E-state index contributed by atoms with van der Waals surface area (Å²) in [6.07, 6.45) is 1.91. The second kappa shape index (κ2) is 7.31. The van der Waals surface area contributed by atoms with Gasteiger partial charge in [-0.15, -0.1) is 0 Å². The Morgan fingerprint density at radius 3 is 2.64 bits per heavy atom. The number of amides is 1. The van der Waals surface area contributed by atoms with Gasteiger partial charge >= 0.3 is 0 Å². The molecular formula is C20H20BrNO3. The van der Waals surface area contributed by atoms with E-state index in [1.54, 1.807) is 12.0 Å². The van der Waals surface area contributed by atoms with Crippen LogP contribution in [-0.2, 0) is 4.79 Å². The van der Waals surface area contributed by atoms with Crippen LogP contribution in [0.25, 0.3) is 11.6 Å². The minimum absolute atomic E-state index is 0.0219. The normalized spacial score (nSPS) is 14.8. The molecule has 1 aliphatic heterocycles. The van der Waals surface area contributed by atoms with E-state index >= 15 is 0 Å². The predicted molar refractivity (Wildman–Crippen MR) is 104 cm³/mol. The second-order valence-electron chi connectivity index (χ2n) is 5.59. The average molecular weight is 402 g/mol. The molecule has 0 bridgehead atoms. The maximum Gasteiger partial charge on any atom is 0.258 e. The third kappa shape index (κ3) is 3.16. The first-order chi connectivity index (χ1) is 12.1. The maximum atomic E-state index is 12.8. The number of fused-ring (bicyclic) bond motifs is 1. The molecule has 2 aromatic rings. The van der Waals surface area contributed by atoms with Crippen molar-refractivity contribution in [3.8, 4) is 11.5 Å². The summed E-state index contributed by atoms with van der Waals surface area (Å²) in [5.41, 5.74) is 3.49. The van der Waals surface area contributed by atoms with Crippen LogP contribution in [0.5, 0.6) is 11.5 Å². The standard InChI is InChI=1S/C20H20BrNO3/c1-4-22-17-9-7-6-8-14(17)15(20(22)23)10-13-11-16(21)19(24-3)18(12-13)25-5-2/h6-12H,4-5H2,1-3H3/b15-10-. The van der Waals surface area contributed by atoms with Crippen LogP contribution in [0.15, 0.2) is 40.9 Å².